The first-order valence-corrected chi connectivity index (χ1v) is 12.3. The number of carbonyl (C=O) groups excluding carboxylic acids is 1. The van der Waals surface area contributed by atoms with Crippen molar-refractivity contribution in [3.8, 4) is 0 Å². The number of aliphatic hydroxyl groups is 1. The van der Waals surface area contributed by atoms with Gasteiger partial charge >= 0.3 is 11.9 Å². The van der Waals surface area contributed by atoms with E-state index in [0.717, 1.165) is 70.6 Å². The summed E-state index contributed by atoms with van der Waals surface area (Å²) in [7, 11) is 0. The minimum atomic E-state index is -0.663. The van der Waals surface area contributed by atoms with Gasteiger partial charge in [0, 0.05) is 12.8 Å². The molecule has 0 bridgehead atoms. The van der Waals surface area contributed by atoms with E-state index in [0.29, 0.717) is 18.8 Å². The number of ether oxygens (including phenoxy) is 1. The molecule has 0 spiro atoms. The predicted molar refractivity (Wildman–Crippen MR) is 125 cm³/mol. The van der Waals surface area contributed by atoms with Crippen molar-refractivity contribution in [2.45, 2.75) is 104 Å². The third-order valence-electron chi connectivity index (χ3n) is 5.94. The van der Waals surface area contributed by atoms with Crippen LogP contribution < -0.4 is 10.6 Å². The van der Waals surface area contributed by atoms with Crippen LogP contribution in [0.25, 0.3) is 0 Å². The Labute approximate surface area is 189 Å². The van der Waals surface area contributed by atoms with E-state index in [1.54, 1.807) is 6.92 Å². The number of carboxylic acids is 1. The lowest BCUT2D eigenvalue weighted by molar-refractivity contribution is -0.148. The highest BCUT2D eigenvalue weighted by Crippen LogP contribution is 2.18. The second kappa shape index (κ2) is 19.5. The average molecular weight is 445 g/mol. The number of rotatable bonds is 9. The highest BCUT2D eigenvalue weighted by Gasteiger charge is 2.16. The lowest BCUT2D eigenvalue weighted by atomic mass is 9.93. The van der Waals surface area contributed by atoms with Crippen LogP contribution >= 0.6 is 0 Å². The summed E-state index contributed by atoms with van der Waals surface area (Å²) in [6.45, 7) is 12.0. The van der Waals surface area contributed by atoms with E-state index in [1.807, 2.05) is 20.8 Å². The van der Waals surface area contributed by atoms with Crippen LogP contribution in [0.4, 0.5) is 0 Å². The molecule has 2 unspecified atom stereocenters. The van der Waals surface area contributed by atoms with Crippen molar-refractivity contribution < 1.29 is 24.5 Å². The Morgan fingerprint density at radius 3 is 1.65 bits per heavy atom. The van der Waals surface area contributed by atoms with Crippen molar-refractivity contribution >= 4 is 11.9 Å². The molecule has 2 fully saturated rings. The summed E-state index contributed by atoms with van der Waals surface area (Å²) >= 11 is 0. The number of hydrogen-bond donors (Lipinski definition) is 4. The van der Waals surface area contributed by atoms with E-state index in [-0.39, 0.29) is 18.2 Å². The third-order valence-corrected chi connectivity index (χ3v) is 5.94. The maximum atomic E-state index is 11.4. The summed E-state index contributed by atoms with van der Waals surface area (Å²) in [5.74, 6) is 0.675. The Kier molecular flexibility index (Phi) is 18.8. The molecule has 2 saturated heterocycles. The normalized spacial score (nSPS) is 19.1. The van der Waals surface area contributed by atoms with Gasteiger partial charge in [-0.05, 0) is 103 Å². The summed E-state index contributed by atoms with van der Waals surface area (Å²) in [6, 6.07) is 0. The Morgan fingerprint density at radius 1 is 0.871 bits per heavy atom. The Bertz CT molecular complexity index is 447. The molecule has 2 atom stereocenters. The van der Waals surface area contributed by atoms with Crippen molar-refractivity contribution in [1.29, 1.82) is 0 Å². The quantitative estimate of drug-likeness (QED) is 0.401. The summed E-state index contributed by atoms with van der Waals surface area (Å²) in [4.78, 5) is 21.6. The molecule has 2 rings (SSSR count). The molecule has 4 N–H and O–H groups in total. The molecule has 0 radical (unpaired) electrons. The molecule has 2 aliphatic heterocycles. The maximum Gasteiger partial charge on any atom is 0.306 e. The third kappa shape index (κ3) is 19.2. The van der Waals surface area contributed by atoms with Gasteiger partial charge < -0.3 is 25.6 Å². The van der Waals surface area contributed by atoms with Crippen LogP contribution in [0.5, 0.6) is 0 Å². The highest BCUT2D eigenvalue weighted by molar-refractivity contribution is 5.69. The van der Waals surface area contributed by atoms with Crippen LogP contribution in [0, 0.1) is 11.8 Å². The van der Waals surface area contributed by atoms with Gasteiger partial charge in [-0.1, -0.05) is 13.8 Å². The van der Waals surface area contributed by atoms with Gasteiger partial charge in [-0.25, -0.2) is 0 Å². The molecule has 2 aliphatic rings. The molecule has 0 amide bonds. The fourth-order valence-electron chi connectivity index (χ4n) is 3.36. The van der Waals surface area contributed by atoms with Crippen LogP contribution in [0.3, 0.4) is 0 Å². The summed E-state index contributed by atoms with van der Waals surface area (Å²) < 4.78 is 5.24. The number of carbonyl (C=O) groups is 2. The van der Waals surface area contributed by atoms with Gasteiger partial charge in [0.15, 0.2) is 0 Å². The Hall–Kier alpha value is -1.18. The molecule has 184 valence electrons. The van der Waals surface area contributed by atoms with E-state index >= 15 is 0 Å². The fourth-order valence-corrected chi connectivity index (χ4v) is 3.36. The number of aliphatic hydroxyl groups excluding tert-OH is 1. The van der Waals surface area contributed by atoms with E-state index < -0.39 is 5.97 Å². The molecule has 31 heavy (non-hydrogen) atoms. The van der Waals surface area contributed by atoms with Crippen molar-refractivity contribution in [2.24, 2.45) is 11.8 Å². The number of piperidine rings is 2. The molecule has 0 aromatic rings. The molecule has 2 heterocycles. The first-order valence-electron chi connectivity index (χ1n) is 12.3. The van der Waals surface area contributed by atoms with Gasteiger partial charge in [-0.15, -0.1) is 0 Å². The van der Waals surface area contributed by atoms with Gasteiger partial charge in [0.05, 0.1) is 12.2 Å². The van der Waals surface area contributed by atoms with E-state index in [9.17, 15) is 9.59 Å². The van der Waals surface area contributed by atoms with Crippen molar-refractivity contribution in [3.05, 3.63) is 0 Å². The predicted octanol–water partition coefficient (Wildman–Crippen LogP) is 3.74. The fraction of sp³-hybridized carbons (Fsp3) is 0.917. The number of nitrogens with one attached hydrogen (secondary N) is 2. The second-order valence-corrected chi connectivity index (χ2v) is 8.82. The lowest BCUT2D eigenvalue weighted by Crippen LogP contribution is -2.28. The van der Waals surface area contributed by atoms with Gasteiger partial charge in [0.2, 0.25) is 0 Å². The van der Waals surface area contributed by atoms with E-state index in [1.165, 1.54) is 12.8 Å². The standard InChI is InChI=1S/C12H23NO2.C8H15NO2.C4H10O/c1-3-10(2)15-12(14)5-4-11-6-8-13-9-7-11;10-8(11)2-1-7-3-5-9-6-4-7;1-3-4(2)5/h10-11,13H,3-9H2,1-2H3;7,9H,1-6H2,(H,10,11);4-5H,3H2,1-2H3. The van der Waals surface area contributed by atoms with Crippen LogP contribution in [-0.4, -0.2) is 60.5 Å². The summed E-state index contributed by atoms with van der Waals surface area (Å²) in [5.41, 5.74) is 0. The number of aliphatic carboxylic acids is 1. The van der Waals surface area contributed by atoms with Crippen molar-refractivity contribution in [3.63, 3.8) is 0 Å². The zero-order valence-electron chi connectivity index (χ0n) is 20.3. The molecular weight excluding hydrogens is 396 g/mol. The zero-order valence-corrected chi connectivity index (χ0v) is 20.3. The van der Waals surface area contributed by atoms with Crippen LogP contribution in [0.1, 0.15) is 91.9 Å². The van der Waals surface area contributed by atoms with Gasteiger partial charge in [0.1, 0.15) is 0 Å². The molecule has 0 aromatic heterocycles. The van der Waals surface area contributed by atoms with E-state index in [4.69, 9.17) is 14.9 Å². The van der Waals surface area contributed by atoms with Crippen molar-refractivity contribution in [1.82, 2.24) is 10.6 Å². The SMILES string of the molecule is CCC(C)O.CCC(C)OC(=O)CCC1CCNCC1.O=C(O)CCC1CCNCC1. The number of hydrogen-bond acceptors (Lipinski definition) is 6. The zero-order chi connectivity index (χ0) is 23.5. The minimum absolute atomic E-state index is 0.0251. The first-order chi connectivity index (χ1) is 14.8. The van der Waals surface area contributed by atoms with Crippen molar-refractivity contribution in [2.75, 3.05) is 26.2 Å². The summed E-state index contributed by atoms with van der Waals surface area (Å²) in [5, 5.41) is 23.4. The monoisotopic (exact) mass is 444 g/mol. The topological polar surface area (TPSA) is 108 Å². The summed E-state index contributed by atoms with van der Waals surface area (Å²) in [6.07, 6.45) is 9.21. The molecule has 0 aliphatic carbocycles. The van der Waals surface area contributed by atoms with Gasteiger partial charge in [-0.2, -0.15) is 0 Å². The minimum Gasteiger partial charge on any atom is -0.481 e. The molecule has 7 heteroatoms. The maximum absolute atomic E-state index is 11.4. The molecule has 7 nitrogen and oxygen atoms in total. The van der Waals surface area contributed by atoms with Gasteiger partial charge in [-0.3, -0.25) is 9.59 Å². The largest absolute Gasteiger partial charge is 0.481 e. The van der Waals surface area contributed by atoms with Crippen LogP contribution in [0.2, 0.25) is 0 Å². The van der Waals surface area contributed by atoms with Gasteiger partial charge in [0.25, 0.3) is 0 Å². The van der Waals surface area contributed by atoms with Crippen LogP contribution in [0.15, 0.2) is 0 Å². The Balaban J connectivity index is 0.000000492. The smallest absolute Gasteiger partial charge is 0.306 e. The lowest BCUT2D eigenvalue weighted by Gasteiger charge is -2.22. The molecule has 0 saturated carbocycles. The second-order valence-electron chi connectivity index (χ2n) is 8.82. The molecule has 0 aromatic carbocycles. The molecular formula is C24H48N2O5. The van der Waals surface area contributed by atoms with E-state index in [2.05, 4.69) is 10.6 Å². The number of esters is 1. The Morgan fingerprint density at radius 2 is 1.29 bits per heavy atom. The highest BCUT2D eigenvalue weighted by atomic mass is 16.5. The average Bonchev–Trinajstić information content (AvgIpc) is 2.78. The first kappa shape index (κ1) is 29.8. The number of carboxylic acid groups (broad SMARTS) is 1. The van der Waals surface area contributed by atoms with Crippen LogP contribution in [-0.2, 0) is 14.3 Å².